The van der Waals surface area contributed by atoms with Gasteiger partial charge in [0, 0.05) is 81.3 Å². The summed E-state index contributed by atoms with van der Waals surface area (Å²) in [6.07, 6.45) is 4.01. The summed E-state index contributed by atoms with van der Waals surface area (Å²) in [6.45, 7) is 16.9. The van der Waals surface area contributed by atoms with Crippen LogP contribution in [-0.4, -0.2) is 141 Å². The third kappa shape index (κ3) is 9.93. The number of nitrogens with zero attached hydrogens (tertiary/aromatic N) is 6. The molecule has 0 unspecified atom stereocenters. The molecule has 5 atom stereocenters. The number of ether oxygens (including phenoxy) is 1. The van der Waals surface area contributed by atoms with Crippen LogP contribution in [0.5, 0.6) is 5.75 Å². The number of phenols is 1. The number of hydrogen-bond acceptors (Lipinski definition) is 10. The Morgan fingerprint density at radius 3 is 2.49 bits per heavy atom. The average Bonchev–Trinajstić information content (AvgIpc) is 3.97. The van der Waals surface area contributed by atoms with Crippen LogP contribution in [0.1, 0.15) is 90.5 Å². The zero-order valence-corrected chi connectivity index (χ0v) is 41.1. The van der Waals surface area contributed by atoms with Crippen molar-refractivity contribution in [2.45, 2.75) is 123 Å². The summed E-state index contributed by atoms with van der Waals surface area (Å²) in [4.78, 5) is 79.9. The number of aryl methyl sites for hydroxylation is 1. The monoisotopic (exact) mass is 932 g/mol. The lowest BCUT2D eigenvalue weighted by molar-refractivity contribution is -0.155. The molecule has 3 saturated heterocycles. The number of aromatic nitrogens is 2. The first kappa shape index (κ1) is 48.5. The van der Waals surface area contributed by atoms with Gasteiger partial charge in [0.05, 0.1) is 30.1 Å². The van der Waals surface area contributed by atoms with Gasteiger partial charge in [0.1, 0.15) is 23.9 Å². The van der Waals surface area contributed by atoms with E-state index in [1.54, 1.807) is 36.0 Å². The number of carbonyl (C=O) groups is 5. The number of urea groups is 1. The number of fused-ring (bicyclic) bond motifs is 6. The zero-order chi connectivity index (χ0) is 48.8. The Hall–Kier alpha value is -6.00. The molecule has 16 heteroatoms. The fourth-order valence-corrected chi connectivity index (χ4v) is 10.5. The molecule has 0 spiro atoms. The van der Waals surface area contributed by atoms with Gasteiger partial charge in [-0.25, -0.2) is 10.2 Å². The highest BCUT2D eigenvalue weighted by Crippen LogP contribution is 2.42. The minimum Gasteiger partial charge on any atom is -0.508 e. The lowest BCUT2D eigenvalue weighted by Crippen LogP contribution is -2.62. The van der Waals surface area contributed by atoms with Crippen molar-refractivity contribution in [3.05, 3.63) is 71.5 Å². The Labute approximate surface area is 399 Å². The van der Waals surface area contributed by atoms with Crippen LogP contribution in [0.25, 0.3) is 33.3 Å². The number of pyridine rings is 1. The molecule has 16 nitrogen and oxygen atoms in total. The molecule has 0 radical (unpaired) electrons. The van der Waals surface area contributed by atoms with Gasteiger partial charge in [-0.05, 0) is 103 Å². The summed E-state index contributed by atoms with van der Waals surface area (Å²) in [6, 6.07) is 12.1. The van der Waals surface area contributed by atoms with E-state index in [9.17, 15) is 29.1 Å². The van der Waals surface area contributed by atoms with Gasteiger partial charge in [-0.15, -0.1) is 0 Å². The van der Waals surface area contributed by atoms with Crippen LogP contribution in [0, 0.1) is 11.3 Å². The normalized spacial score (nSPS) is 22.2. The van der Waals surface area contributed by atoms with Gasteiger partial charge in [-0.3, -0.25) is 29.2 Å². The standard InChI is InChI=1S/C52H69N9O7/c1-10-60-43-16-15-33-25-38(43)39(46(60)37-13-11-18-53-44(37)30(2)3)26-52(6,7)29-68-50(66)40-14-12-19-61(56-40)49(65)41(23-32-21-34(33)24-36(62)22-32)55-47(63)45(31(4)5)58(9)51(67)59-20-17-35(28-59)57(8)48(64)42-27-54-42/h11,13,15-16,18,21-22,24-25,30-31,35,40-42,45,54,56,62H,10,12,14,17,19-20,23,26-29H2,1-9H3,(H,55,63)/t35-,40-,41-,42-,45-/m0/s1. The topological polar surface area (TPSA) is 192 Å². The highest BCUT2D eigenvalue weighted by Gasteiger charge is 2.41. The van der Waals surface area contributed by atoms with Gasteiger partial charge in [0.25, 0.3) is 5.91 Å². The molecule has 0 aliphatic carbocycles. The predicted octanol–water partition coefficient (Wildman–Crippen LogP) is 5.45. The molecule has 364 valence electrons. The Bertz CT molecular complexity index is 2580. The quantitative estimate of drug-likeness (QED) is 0.124. The minimum absolute atomic E-state index is 0.00277. The number of benzene rings is 2. The number of phenolic OH excluding ortho intramolecular Hbond substituents is 1. The van der Waals surface area contributed by atoms with Crippen molar-refractivity contribution in [3.63, 3.8) is 0 Å². The van der Waals surface area contributed by atoms with Gasteiger partial charge in [-0.2, -0.15) is 0 Å². The Kier molecular flexibility index (Phi) is 13.9. The van der Waals surface area contributed by atoms with Crippen molar-refractivity contribution in [2.75, 3.05) is 46.9 Å². The number of hydrogen-bond donors (Lipinski definition) is 4. The number of cyclic esters (lactones) is 1. The van der Waals surface area contributed by atoms with Crippen LogP contribution in [0.3, 0.4) is 0 Å². The summed E-state index contributed by atoms with van der Waals surface area (Å²) in [5, 5.41) is 19.9. The SMILES string of the molecule is CCn1c(-c2cccnc2C(C)C)c2c3cc(ccc31)-c1cc(O)cc(c1)C[C@H](NC(=O)[C@H](C(C)C)N(C)C(=O)N1CC[C@H](N(C)C(=O)[C@@H]3CN3)C1)C(=O)N1CCC[C@H](N1)C(=O)OCC(C)(C)C2. The smallest absolute Gasteiger partial charge is 0.324 e. The largest absolute Gasteiger partial charge is 0.508 e. The lowest BCUT2D eigenvalue weighted by atomic mass is 9.83. The van der Waals surface area contributed by atoms with Gasteiger partial charge < -0.3 is 39.7 Å². The Morgan fingerprint density at radius 1 is 1.01 bits per heavy atom. The molecule has 4 aliphatic heterocycles. The van der Waals surface area contributed by atoms with Crippen LogP contribution < -0.4 is 16.1 Å². The minimum atomic E-state index is -1.15. The number of hydrazine groups is 1. The molecule has 4 N–H and O–H groups in total. The molecule has 8 rings (SSSR count). The lowest BCUT2D eigenvalue weighted by Gasteiger charge is -2.37. The van der Waals surface area contributed by atoms with E-state index in [2.05, 4.69) is 73.4 Å². The van der Waals surface area contributed by atoms with Crippen LogP contribution in [-0.2, 0) is 43.3 Å². The molecular formula is C52H69N9O7. The highest BCUT2D eigenvalue weighted by atomic mass is 16.5. The first-order valence-electron chi connectivity index (χ1n) is 24.4. The van der Waals surface area contributed by atoms with Crippen molar-refractivity contribution < 1.29 is 33.8 Å². The second-order valence-corrected chi connectivity index (χ2v) is 20.7. The van der Waals surface area contributed by atoms with E-state index >= 15 is 0 Å². The van der Waals surface area contributed by atoms with Gasteiger partial charge in [0.2, 0.25) is 11.8 Å². The first-order valence-corrected chi connectivity index (χ1v) is 24.4. The highest BCUT2D eigenvalue weighted by molar-refractivity contribution is 5.96. The van der Waals surface area contributed by atoms with Crippen molar-refractivity contribution in [1.82, 2.24) is 45.3 Å². The van der Waals surface area contributed by atoms with E-state index in [1.807, 2.05) is 38.2 Å². The van der Waals surface area contributed by atoms with Gasteiger partial charge >= 0.3 is 12.0 Å². The molecule has 5 amide bonds. The van der Waals surface area contributed by atoms with E-state index in [-0.39, 0.29) is 61.2 Å². The predicted molar refractivity (Wildman–Crippen MR) is 260 cm³/mol. The molecule has 2 aromatic heterocycles. The summed E-state index contributed by atoms with van der Waals surface area (Å²) >= 11 is 0. The van der Waals surface area contributed by atoms with E-state index in [1.165, 1.54) is 9.91 Å². The molecule has 4 aliphatic rings. The Balaban J connectivity index is 1.16. The molecule has 0 saturated carbocycles. The van der Waals surface area contributed by atoms with Crippen molar-refractivity contribution in [3.8, 4) is 28.1 Å². The van der Waals surface area contributed by atoms with Gasteiger partial charge in [-0.1, -0.05) is 53.7 Å². The average molecular weight is 932 g/mol. The fourth-order valence-electron chi connectivity index (χ4n) is 10.5. The number of likely N-dealkylation sites (tertiary alicyclic amines) is 1. The molecule has 3 fully saturated rings. The maximum absolute atomic E-state index is 14.8. The van der Waals surface area contributed by atoms with E-state index in [0.717, 1.165) is 44.5 Å². The van der Waals surface area contributed by atoms with Crippen LogP contribution in [0.2, 0.25) is 0 Å². The fraction of sp³-hybridized carbons (Fsp3) is 0.538. The number of likely N-dealkylation sites (N-methyl/N-ethyl adjacent to an activating group) is 2. The first-order chi connectivity index (χ1) is 32.3. The third-order valence-corrected chi connectivity index (χ3v) is 14.1. The molecule has 2 aromatic carbocycles. The van der Waals surface area contributed by atoms with E-state index < -0.39 is 41.3 Å². The number of nitrogens with one attached hydrogen (secondary N) is 3. The van der Waals surface area contributed by atoms with Crippen LogP contribution in [0.4, 0.5) is 4.79 Å². The van der Waals surface area contributed by atoms with Crippen molar-refractivity contribution >= 4 is 40.6 Å². The summed E-state index contributed by atoms with van der Waals surface area (Å²) in [5.41, 5.74) is 10.1. The molecule has 68 heavy (non-hydrogen) atoms. The molecule has 4 aromatic rings. The summed E-state index contributed by atoms with van der Waals surface area (Å²) in [7, 11) is 3.36. The second-order valence-electron chi connectivity index (χ2n) is 20.7. The van der Waals surface area contributed by atoms with E-state index in [4.69, 9.17) is 9.72 Å². The van der Waals surface area contributed by atoms with Gasteiger partial charge in [0.15, 0.2) is 0 Å². The molecule has 6 heterocycles. The van der Waals surface area contributed by atoms with E-state index in [0.29, 0.717) is 57.4 Å². The van der Waals surface area contributed by atoms with Crippen molar-refractivity contribution in [2.24, 2.45) is 11.3 Å². The third-order valence-electron chi connectivity index (χ3n) is 14.1. The second kappa shape index (κ2) is 19.5. The number of carbonyl (C=O) groups excluding carboxylic acids is 5. The molecule has 6 bridgehead atoms. The maximum Gasteiger partial charge on any atom is 0.324 e. The van der Waals surface area contributed by atoms with Crippen LogP contribution >= 0.6 is 0 Å². The zero-order valence-electron chi connectivity index (χ0n) is 41.1. The maximum atomic E-state index is 14.8. The van der Waals surface area contributed by atoms with Crippen LogP contribution in [0.15, 0.2) is 54.7 Å². The van der Waals surface area contributed by atoms with Crippen molar-refractivity contribution in [1.29, 1.82) is 0 Å². The number of aromatic hydroxyl groups is 1. The summed E-state index contributed by atoms with van der Waals surface area (Å²) < 4.78 is 8.46. The number of rotatable bonds is 9. The number of esters is 1. The number of amides is 5. The molecular weight excluding hydrogens is 863 g/mol. The Morgan fingerprint density at radius 2 is 1.78 bits per heavy atom. The summed E-state index contributed by atoms with van der Waals surface area (Å²) in [5.74, 6) is -1.61.